The molecule has 1 fully saturated rings. The molecule has 37 heavy (non-hydrogen) atoms. The van der Waals surface area contributed by atoms with Gasteiger partial charge >= 0.3 is 0 Å². The summed E-state index contributed by atoms with van der Waals surface area (Å²) in [6, 6.07) is 6.79. The number of hydrogen-bond donors (Lipinski definition) is 4. The van der Waals surface area contributed by atoms with E-state index in [0.29, 0.717) is 49.0 Å². The number of methoxy groups -OCH3 is 1. The van der Waals surface area contributed by atoms with Crippen molar-refractivity contribution in [2.24, 2.45) is 5.41 Å². The Balaban J connectivity index is 1.46. The van der Waals surface area contributed by atoms with Crippen molar-refractivity contribution in [1.29, 1.82) is 0 Å². The van der Waals surface area contributed by atoms with Gasteiger partial charge in [0.1, 0.15) is 11.6 Å². The minimum absolute atomic E-state index is 0.0776. The third kappa shape index (κ3) is 5.97. The fraction of sp³-hybridized carbons (Fsp3) is 0.444. The minimum Gasteiger partial charge on any atom is -0.497 e. The van der Waals surface area contributed by atoms with Gasteiger partial charge < -0.3 is 25.6 Å². The molecule has 6 nitrogen and oxygen atoms in total. The van der Waals surface area contributed by atoms with Crippen LogP contribution in [0.5, 0.6) is 5.75 Å². The molecule has 0 amide bonds. The average Bonchev–Trinajstić information content (AvgIpc) is 2.90. The predicted molar refractivity (Wildman–Crippen MR) is 132 cm³/mol. The molecule has 4 N–H and O–H groups in total. The van der Waals surface area contributed by atoms with E-state index in [0.717, 1.165) is 18.3 Å². The normalized spacial score (nSPS) is 16.9. The van der Waals surface area contributed by atoms with Crippen LogP contribution in [0.2, 0.25) is 0 Å². The summed E-state index contributed by atoms with van der Waals surface area (Å²) >= 11 is 0. The van der Waals surface area contributed by atoms with E-state index in [-0.39, 0.29) is 30.6 Å². The molecular formula is C27H31F4N3O3. The molecule has 10 heteroatoms. The zero-order valence-corrected chi connectivity index (χ0v) is 20.5. The topological polar surface area (TPSA) is 86.6 Å². The van der Waals surface area contributed by atoms with Gasteiger partial charge in [-0.15, -0.1) is 0 Å². The second-order valence-corrected chi connectivity index (χ2v) is 9.55. The highest BCUT2D eigenvalue weighted by Gasteiger charge is 2.39. The Hall–Kier alpha value is -2.95. The summed E-state index contributed by atoms with van der Waals surface area (Å²) in [6.45, 7) is 1.56. The number of piperidine rings is 1. The van der Waals surface area contributed by atoms with Crippen molar-refractivity contribution in [2.45, 2.75) is 44.3 Å². The summed E-state index contributed by atoms with van der Waals surface area (Å²) < 4.78 is 60.3. The van der Waals surface area contributed by atoms with Crippen molar-refractivity contribution in [1.82, 2.24) is 10.3 Å². The van der Waals surface area contributed by atoms with Crippen LogP contribution in [-0.2, 0) is 0 Å². The number of ether oxygens (including phenoxy) is 1. The van der Waals surface area contributed by atoms with Crippen LogP contribution in [-0.4, -0.2) is 48.0 Å². The first-order valence-electron chi connectivity index (χ1n) is 12.3. The average molecular weight is 522 g/mol. The molecule has 2 heterocycles. The van der Waals surface area contributed by atoms with Crippen LogP contribution in [0, 0.1) is 28.7 Å². The molecule has 2 atom stereocenters. The Morgan fingerprint density at radius 1 is 1.03 bits per heavy atom. The van der Waals surface area contributed by atoms with Crippen LogP contribution in [0.4, 0.5) is 23.2 Å². The smallest absolute Gasteiger partial charge is 0.194 e. The highest BCUT2D eigenvalue weighted by molar-refractivity contribution is 5.84. The number of halogens is 4. The largest absolute Gasteiger partial charge is 0.497 e. The maximum absolute atomic E-state index is 14.8. The number of anilines is 1. The summed E-state index contributed by atoms with van der Waals surface area (Å²) in [4.78, 5) is 4.10. The summed E-state index contributed by atoms with van der Waals surface area (Å²) in [6.07, 6.45) is 1.39. The van der Waals surface area contributed by atoms with Gasteiger partial charge in [-0.1, -0.05) is 0 Å². The Morgan fingerprint density at radius 3 is 2.41 bits per heavy atom. The first-order valence-corrected chi connectivity index (χ1v) is 12.3. The van der Waals surface area contributed by atoms with Crippen molar-refractivity contribution in [3.8, 4) is 5.75 Å². The molecule has 2 aromatic carbocycles. The molecule has 0 spiro atoms. The Bertz CT molecular complexity index is 1210. The van der Waals surface area contributed by atoms with E-state index in [1.165, 1.54) is 7.11 Å². The molecule has 3 aromatic rings. The molecule has 1 aliphatic heterocycles. The lowest BCUT2D eigenvalue weighted by Gasteiger charge is -2.42. The fourth-order valence-electron chi connectivity index (χ4n) is 5.19. The van der Waals surface area contributed by atoms with Gasteiger partial charge in [0.2, 0.25) is 0 Å². The van der Waals surface area contributed by atoms with Crippen LogP contribution >= 0.6 is 0 Å². The number of aliphatic hydroxyl groups excluding tert-OH is 2. The van der Waals surface area contributed by atoms with E-state index in [9.17, 15) is 27.8 Å². The number of fused-ring (bicyclic) bond motifs is 1. The highest BCUT2D eigenvalue weighted by atomic mass is 19.2. The number of nitrogens with zero attached hydrogens (tertiary/aromatic N) is 1. The van der Waals surface area contributed by atoms with E-state index in [1.807, 2.05) is 0 Å². The third-order valence-corrected chi connectivity index (χ3v) is 7.35. The van der Waals surface area contributed by atoms with E-state index in [4.69, 9.17) is 4.74 Å². The van der Waals surface area contributed by atoms with Crippen molar-refractivity contribution in [3.05, 3.63) is 65.4 Å². The zero-order chi connectivity index (χ0) is 26.6. The van der Waals surface area contributed by atoms with Crippen LogP contribution in [0.15, 0.2) is 36.5 Å². The van der Waals surface area contributed by atoms with Crippen molar-refractivity contribution >= 4 is 16.6 Å². The van der Waals surface area contributed by atoms with E-state index < -0.39 is 40.9 Å². The first kappa shape index (κ1) is 27.1. The second kappa shape index (κ2) is 11.6. The molecule has 1 aliphatic rings. The van der Waals surface area contributed by atoms with Gasteiger partial charge in [-0.2, -0.15) is 0 Å². The van der Waals surface area contributed by atoms with Crippen LogP contribution in [0.3, 0.4) is 0 Å². The second-order valence-electron chi connectivity index (χ2n) is 9.55. The number of hydrogen-bond acceptors (Lipinski definition) is 6. The van der Waals surface area contributed by atoms with E-state index >= 15 is 0 Å². The molecule has 0 saturated carbocycles. The standard InChI is InChI=1S/C27H31F4N3O3/c1-37-17-2-3-22-18(14-17)25(21(30)15-34-22)23(35)4-6-27(7-10-32-11-8-27)24(36)5-9-33-16-12-19(28)26(31)20(29)13-16/h2-3,12-15,23-24,32-33,35-36H,4-11H2,1H3/t23-,24+/m1/s1. The molecule has 4 rings (SSSR count). The summed E-state index contributed by atoms with van der Waals surface area (Å²) in [7, 11) is 1.50. The molecule has 0 bridgehead atoms. The molecule has 1 aromatic heterocycles. The molecule has 1 saturated heterocycles. The van der Waals surface area contributed by atoms with Crippen LogP contribution in [0.25, 0.3) is 10.9 Å². The third-order valence-electron chi connectivity index (χ3n) is 7.35. The van der Waals surface area contributed by atoms with E-state index in [2.05, 4.69) is 15.6 Å². The van der Waals surface area contributed by atoms with Gasteiger partial charge in [-0.05, 0) is 68.8 Å². The number of pyridine rings is 1. The lowest BCUT2D eigenvalue weighted by atomic mass is 9.69. The summed E-state index contributed by atoms with van der Waals surface area (Å²) in [5.74, 6) is -4.21. The Kier molecular flexibility index (Phi) is 8.51. The Morgan fingerprint density at radius 2 is 1.73 bits per heavy atom. The molecular weight excluding hydrogens is 490 g/mol. The lowest BCUT2D eigenvalue weighted by molar-refractivity contribution is -0.0181. The van der Waals surface area contributed by atoms with Gasteiger partial charge in [-0.25, -0.2) is 17.6 Å². The Labute approximate surface area is 212 Å². The monoisotopic (exact) mass is 521 g/mol. The molecule has 0 aliphatic carbocycles. The quantitative estimate of drug-likeness (QED) is 0.226. The van der Waals surface area contributed by atoms with Crippen LogP contribution in [0.1, 0.15) is 43.8 Å². The van der Waals surface area contributed by atoms with Crippen molar-refractivity contribution < 1.29 is 32.5 Å². The number of benzene rings is 2. The highest BCUT2D eigenvalue weighted by Crippen LogP contribution is 2.42. The fourth-order valence-corrected chi connectivity index (χ4v) is 5.19. The zero-order valence-electron chi connectivity index (χ0n) is 20.5. The van der Waals surface area contributed by atoms with Crippen molar-refractivity contribution in [2.75, 3.05) is 32.1 Å². The SMILES string of the molecule is COc1ccc2ncc(F)c([C@H](O)CCC3([C@@H](O)CCNc4cc(F)c(F)c(F)c4)CCNCC3)c2c1. The first-order chi connectivity index (χ1) is 17.7. The van der Waals surface area contributed by atoms with Gasteiger partial charge in [0.15, 0.2) is 17.5 Å². The predicted octanol–water partition coefficient (Wildman–Crippen LogP) is 4.85. The van der Waals surface area contributed by atoms with Gasteiger partial charge in [0, 0.05) is 35.3 Å². The summed E-state index contributed by atoms with van der Waals surface area (Å²) in [5.41, 5.74) is 0.218. The lowest BCUT2D eigenvalue weighted by Crippen LogP contribution is -2.45. The molecule has 200 valence electrons. The van der Waals surface area contributed by atoms with Gasteiger partial charge in [0.25, 0.3) is 0 Å². The number of aliphatic hydroxyl groups is 2. The number of nitrogens with one attached hydrogen (secondary N) is 2. The van der Waals surface area contributed by atoms with E-state index in [1.54, 1.807) is 18.2 Å². The molecule has 0 radical (unpaired) electrons. The van der Waals surface area contributed by atoms with Crippen molar-refractivity contribution in [3.63, 3.8) is 0 Å². The number of aromatic nitrogens is 1. The maximum atomic E-state index is 14.8. The van der Waals surface area contributed by atoms with Gasteiger partial charge in [-0.3, -0.25) is 4.98 Å². The van der Waals surface area contributed by atoms with Crippen LogP contribution < -0.4 is 15.4 Å². The molecule has 0 unspecified atom stereocenters. The minimum atomic E-state index is -1.53. The number of rotatable bonds is 10. The maximum Gasteiger partial charge on any atom is 0.194 e. The summed E-state index contributed by atoms with van der Waals surface area (Å²) in [5, 5.41) is 28.8. The van der Waals surface area contributed by atoms with Gasteiger partial charge in [0.05, 0.1) is 31.0 Å².